The number of nitrogens with two attached hydrogens (primary N) is 1. The van der Waals surface area contributed by atoms with Gasteiger partial charge in [-0.05, 0) is 50.2 Å². The minimum absolute atomic E-state index is 0.156. The summed E-state index contributed by atoms with van der Waals surface area (Å²) in [5, 5.41) is 5.49. The van der Waals surface area contributed by atoms with Crippen molar-refractivity contribution in [2.45, 2.75) is 33.0 Å². The molecule has 5 rings (SSSR count). The lowest BCUT2D eigenvalue weighted by Crippen LogP contribution is -2.10. The van der Waals surface area contributed by atoms with Crippen LogP contribution in [0.4, 0.5) is 5.82 Å². The Morgan fingerprint density at radius 2 is 1.73 bits per heavy atom. The SMILES string of the molecule is COc1ccc(CNc2ncnc3c2c(-c2cc4cc(OC)ccc4[nH]2)c(CN)n3C(C)C)c(OC)c1. The Hall–Kier alpha value is -4.24. The smallest absolute Gasteiger partial charge is 0.146 e. The highest BCUT2D eigenvalue weighted by Crippen LogP contribution is 2.40. The summed E-state index contributed by atoms with van der Waals surface area (Å²) in [6, 6.07) is 14.0. The van der Waals surface area contributed by atoms with Crippen molar-refractivity contribution < 1.29 is 14.2 Å². The number of fused-ring (bicyclic) bond motifs is 2. The molecular formula is C28H32N6O3. The van der Waals surface area contributed by atoms with Crippen molar-refractivity contribution >= 4 is 27.8 Å². The first-order chi connectivity index (χ1) is 18.0. The molecule has 0 aliphatic carbocycles. The zero-order valence-electron chi connectivity index (χ0n) is 21.8. The van der Waals surface area contributed by atoms with Gasteiger partial charge < -0.3 is 34.8 Å². The molecule has 0 radical (unpaired) electrons. The minimum atomic E-state index is 0.156. The predicted molar refractivity (Wildman–Crippen MR) is 147 cm³/mol. The first-order valence-electron chi connectivity index (χ1n) is 12.2. The average molecular weight is 501 g/mol. The van der Waals surface area contributed by atoms with Crippen molar-refractivity contribution in [1.29, 1.82) is 0 Å². The van der Waals surface area contributed by atoms with Gasteiger partial charge in [0, 0.05) is 58.6 Å². The highest BCUT2D eigenvalue weighted by Gasteiger charge is 2.24. The first-order valence-corrected chi connectivity index (χ1v) is 12.2. The molecule has 0 saturated carbocycles. The van der Waals surface area contributed by atoms with E-state index in [1.807, 2.05) is 36.4 Å². The van der Waals surface area contributed by atoms with Gasteiger partial charge in [-0.15, -0.1) is 0 Å². The maximum Gasteiger partial charge on any atom is 0.146 e. The van der Waals surface area contributed by atoms with Gasteiger partial charge in [-0.25, -0.2) is 9.97 Å². The van der Waals surface area contributed by atoms with Gasteiger partial charge in [-0.1, -0.05) is 0 Å². The Balaban J connectivity index is 1.67. The van der Waals surface area contributed by atoms with Crippen molar-refractivity contribution in [3.8, 4) is 28.5 Å². The second-order valence-electron chi connectivity index (χ2n) is 9.08. The van der Waals surface area contributed by atoms with E-state index in [1.54, 1.807) is 27.7 Å². The van der Waals surface area contributed by atoms with Crippen LogP contribution in [-0.2, 0) is 13.1 Å². The van der Waals surface area contributed by atoms with Crippen molar-refractivity contribution in [2.75, 3.05) is 26.6 Å². The molecule has 0 bridgehead atoms. The summed E-state index contributed by atoms with van der Waals surface area (Å²) >= 11 is 0. The highest BCUT2D eigenvalue weighted by molar-refractivity contribution is 6.04. The predicted octanol–water partition coefficient (Wildman–Crippen LogP) is 5.26. The van der Waals surface area contributed by atoms with Crippen molar-refractivity contribution in [3.05, 3.63) is 60.0 Å². The molecule has 37 heavy (non-hydrogen) atoms. The van der Waals surface area contributed by atoms with E-state index >= 15 is 0 Å². The van der Waals surface area contributed by atoms with Crippen LogP contribution in [-0.4, -0.2) is 40.8 Å². The Bertz CT molecular complexity index is 1570. The third-order valence-electron chi connectivity index (χ3n) is 6.63. The zero-order valence-corrected chi connectivity index (χ0v) is 21.8. The molecule has 9 nitrogen and oxygen atoms in total. The van der Waals surface area contributed by atoms with Crippen LogP contribution in [0.15, 0.2) is 48.8 Å². The second-order valence-corrected chi connectivity index (χ2v) is 9.08. The van der Waals surface area contributed by atoms with Gasteiger partial charge in [0.1, 0.15) is 35.0 Å². The van der Waals surface area contributed by atoms with Crippen molar-refractivity contribution in [2.24, 2.45) is 5.73 Å². The van der Waals surface area contributed by atoms with E-state index in [9.17, 15) is 0 Å². The maximum absolute atomic E-state index is 6.36. The van der Waals surface area contributed by atoms with Crippen LogP contribution in [0.1, 0.15) is 31.1 Å². The number of aromatic amines is 1. The second kappa shape index (κ2) is 10.0. The summed E-state index contributed by atoms with van der Waals surface area (Å²) in [7, 11) is 4.96. The molecule has 0 aliphatic heterocycles. The van der Waals surface area contributed by atoms with E-state index < -0.39 is 0 Å². The van der Waals surface area contributed by atoms with Crippen molar-refractivity contribution in [1.82, 2.24) is 19.5 Å². The Morgan fingerprint density at radius 3 is 2.43 bits per heavy atom. The zero-order chi connectivity index (χ0) is 26.1. The molecule has 0 aliphatic rings. The third-order valence-corrected chi connectivity index (χ3v) is 6.63. The van der Waals surface area contributed by atoms with Crippen LogP contribution in [0.25, 0.3) is 33.2 Å². The van der Waals surface area contributed by atoms with Gasteiger partial charge >= 0.3 is 0 Å². The maximum atomic E-state index is 6.36. The summed E-state index contributed by atoms with van der Waals surface area (Å²) < 4.78 is 18.6. The molecule has 0 unspecified atom stereocenters. The molecular weight excluding hydrogens is 468 g/mol. The lowest BCUT2D eigenvalue weighted by Gasteiger charge is -2.13. The van der Waals surface area contributed by atoms with Crippen molar-refractivity contribution in [3.63, 3.8) is 0 Å². The van der Waals surface area contributed by atoms with Crippen LogP contribution in [0.3, 0.4) is 0 Å². The van der Waals surface area contributed by atoms with Crippen LogP contribution in [0.5, 0.6) is 17.2 Å². The lowest BCUT2D eigenvalue weighted by molar-refractivity contribution is 0.391. The fourth-order valence-electron chi connectivity index (χ4n) is 4.91. The standard InChI is InChI=1S/C28H32N6O3/c1-16(2)34-23(13-29)25(22-11-18-10-19(35-3)8-9-21(18)33-22)26-27(31-15-32-28(26)34)30-14-17-6-7-20(36-4)12-24(17)37-5/h6-12,15-16,33H,13-14,29H2,1-5H3,(H,30,31,32). The van der Waals surface area contributed by atoms with E-state index in [0.29, 0.717) is 13.1 Å². The highest BCUT2D eigenvalue weighted by atomic mass is 16.5. The number of aromatic nitrogens is 4. The molecule has 9 heteroatoms. The van der Waals surface area contributed by atoms with Crippen LogP contribution in [0.2, 0.25) is 0 Å². The van der Waals surface area contributed by atoms with E-state index in [1.165, 1.54) is 0 Å². The molecule has 3 aromatic heterocycles. The Morgan fingerprint density at radius 1 is 0.973 bits per heavy atom. The number of methoxy groups -OCH3 is 3. The molecule has 0 amide bonds. The quantitative estimate of drug-likeness (QED) is 0.253. The van der Waals surface area contributed by atoms with E-state index in [0.717, 1.165) is 67.5 Å². The summed E-state index contributed by atoms with van der Waals surface area (Å²) in [4.78, 5) is 12.9. The topological polar surface area (TPSA) is 112 Å². The molecule has 4 N–H and O–H groups in total. The fourth-order valence-corrected chi connectivity index (χ4v) is 4.91. The Labute approximate surface area is 215 Å². The number of hydrogen-bond donors (Lipinski definition) is 3. The van der Waals surface area contributed by atoms with E-state index in [2.05, 4.69) is 39.8 Å². The molecule has 0 spiro atoms. The van der Waals surface area contributed by atoms with Crippen LogP contribution < -0.4 is 25.3 Å². The van der Waals surface area contributed by atoms with Gasteiger partial charge in [-0.3, -0.25) is 0 Å². The van der Waals surface area contributed by atoms with Gasteiger partial charge in [-0.2, -0.15) is 0 Å². The molecule has 5 aromatic rings. The molecule has 3 heterocycles. The molecule has 192 valence electrons. The minimum Gasteiger partial charge on any atom is -0.497 e. The van der Waals surface area contributed by atoms with Gasteiger partial charge in [0.25, 0.3) is 0 Å². The first kappa shape index (κ1) is 24.5. The number of H-pyrrole nitrogens is 1. The lowest BCUT2D eigenvalue weighted by atomic mass is 10.1. The molecule has 2 aromatic carbocycles. The molecule has 0 fully saturated rings. The number of hydrogen-bond acceptors (Lipinski definition) is 7. The monoisotopic (exact) mass is 500 g/mol. The average Bonchev–Trinajstić information content (AvgIpc) is 3.49. The van der Waals surface area contributed by atoms with E-state index in [4.69, 9.17) is 24.9 Å². The number of rotatable bonds is 9. The third kappa shape index (κ3) is 4.31. The summed E-state index contributed by atoms with van der Waals surface area (Å²) in [6.45, 7) is 5.13. The normalized spacial score (nSPS) is 11.4. The summed E-state index contributed by atoms with van der Waals surface area (Å²) in [5.74, 6) is 3.01. The van der Waals surface area contributed by atoms with Gasteiger partial charge in [0.15, 0.2) is 0 Å². The number of nitrogens with one attached hydrogen (secondary N) is 2. The number of nitrogens with zero attached hydrogens (tertiary/aromatic N) is 3. The molecule has 0 saturated heterocycles. The van der Waals surface area contributed by atoms with E-state index in [-0.39, 0.29) is 6.04 Å². The van der Waals surface area contributed by atoms with Gasteiger partial charge in [0.05, 0.1) is 26.7 Å². The Kier molecular flexibility index (Phi) is 6.62. The van der Waals surface area contributed by atoms with Gasteiger partial charge in [0.2, 0.25) is 0 Å². The number of anilines is 1. The van der Waals surface area contributed by atoms with Crippen LogP contribution >= 0.6 is 0 Å². The largest absolute Gasteiger partial charge is 0.497 e. The van der Waals surface area contributed by atoms with Crippen LogP contribution in [0, 0.1) is 0 Å². The summed E-state index contributed by atoms with van der Waals surface area (Å²) in [5.41, 5.74) is 12.1. The number of ether oxygens (including phenoxy) is 3. The fraction of sp³-hybridized carbons (Fsp3) is 0.286. The molecule has 0 atom stereocenters. The number of benzene rings is 2. The summed E-state index contributed by atoms with van der Waals surface area (Å²) in [6.07, 6.45) is 1.59.